The van der Waals surface area contributed by atoms with Crippen molar-refractivity contribution in [2.75, 3.05) is 5.75 Å². The molecule has 0 saturated heterocycles. The van der Waals surface area contributed by atoms with Crippen LogP contribution in [0.5, 0.6) is 0 Å². The first kappa shape index (κ1) is 14.5. The average molecular weight is 293 g/mol. The molecule has 2 aromatic rings. The Balaban J connectivity index is 2.21. The van der Waals surface area contributed by atoms with E-state index in [9.17, 15) is 13.2 Å². The SMILES string of the molecule is CC(CS(=O)(=O)Cc1ccc2ncccc2c1)C(=O)O. The summed E-state index contributed by atoms with van der Waals surface area (Å²) in [5, 5.41) is 9.65. The van der Waals surface area contributed by atoms with Gasteiger partial charge in [0.05, 0.1) is 22.9 Å². The molecule has 0 aliphatic carbocycles. The number of hydrogen-bond donors (Lipinski definition) is 1. The second-order valence-corrected chi connectivity index (χ2v) is 6.93. The quantitative estimate of drug-likeness (QED) is 0.909. The Kier molecular flexibility index (Phi) is 4.04. The molecule has 0 radical (unpaired) electrons. The van der Waals surface area contributed by atoms with Crippen molar-refractivity contribution >= 4 is 26.7 Å². The number of fused-ring (bicyclic) bond motifs is 1. The zero-order valence-electron chi connectivity index (χ0n) is 11.0. The lowest BCUT2D eigenvalue weighted by atomic mass is 10.1. The molecule has 1 N–H and O–H groups in total. The van der Waals surface area contributed by atoms with Crippen LogP contribution in [-0.4, -0.2) is 30.2 Å². The van der Waals surface area contributed by atoms with Crippen LogP contribution >= 0.6 is 0 Å². The number of rotatable bonds is 5. The Hall–Kier alpha value is -1.95. The molecule has 1 aromatic carbocycles. The second kappa shape index (κ2) is 5.58. The molecule has 0 saturated carbocycles. The minimum Gasteiger partial charge on any atom is -0.481 e. The van der Waals surface area contributed by atoms with Gasteiger partial charge < -0.3 is 5.11 Å². The van der Waals surface area contributed by atoms with Gasteiger partial charge in [0, 0.05) is 11.6 Å². The number of benzene rings is 1. The number of carboxylic acid groups (broad SMARTS) is 1. The van der Waals surface area contributed by atoms with Crippen LogP contribution in [0.15, 0.2) is 36.5 Å². The molecule has 0 bridgehead atoms. The molecule has 0 fully saturated rings. The smallest absolute Gasteiger partial charge is 0.307 e. The number of aliphatic carboxylic acids is 1. The largest absolute Gasteiger partial charge is 0.481 e. The van der Waals surface area contributed by atoms with Gasteiger partial charge in [-0.2, -0.15) is 0 Å². The molecule has 0 aliphatic heterocycles. The van der Waals surface area contributed by atoms with Crippen molar-refractivity contribution in [3.63, 3.8) is 0 Å². The van der Waals surface area contributed by atoms with E-state index in [4.69, 9.17) is 5.11 Å². The zero-order valence-corrected chi connectivity index (χ0v) is 11.8. The maximum atomic E-state index is 12.0. The summed E-state index contributed by atoms with van der Waals surface area (Å²) in [6.07, 6.45) is 1.67. The van der Waals surface area contributed by atoms with Crippen LogP contribution in [-0.2, 0) is 20.4 Å². The van der Waals surface area contributed by atoms with Crippen LogP contribution in [0.1, 0.15) is 12.5 Å². The third-order valence-corrected chi connectivity index (χ3v) is 4.76. The summed E-state index contributed by atoms with van der Waals surface area (Å²) in [5.41, 5.74) is 1.44. The third kappa shape index (κ3) is 3.54. The molecule has 20 heavy (non-hydrogen) atoms. The normalized spacial score (nSPS) is 13.2. The fourth-order valence-electron chi connectivity index (χ4n) is 1.98. The first-order valence-electron chi connectivity index (χ1n) is 6.14. The molecule has 0 amide bonds. The van der Waals surface area contributed by atoms with E-state index in [0.29, 0.717) is 5.56 Å². The monoisotopic (exact) mass is 293 g/mol. The summed E-state index contributed by atoms with van der Waals surface area (Å²) in [7, 11) is -3.45. The summed E-state index contributed by atoms with van der Waals surface area (Å²) >= 11 is 0. The lowest BCUT2D eigenvalue weighted by Gasteiger charge is -2.08. The molecule has 0 aliphatic rings. The van der Waals surface area contributed by atoms with Gasteiger partial charge >= 0.3 is 5.97 Å². The molecule has 1 unspecified atom stereocenters. The molecule has 5 nitrogen and oxygen atoms in total. The summed E-state index contributed by atoms with van der Waals surface area (Å²) < 4.78 is 23.9. The first-order valence-corrected chi connectivity index (χ1v) is 7.96. The molecule has 6 heteroatoms. The maximum absolute atomic E-state index is 12.0. The standard InChI is InChI=1S/C14H15NO4S/c1-10(14(16)17)8-20(18,19)9-11-4-5-13-12(7-11)3-2-6-15-13/h2-7,10H,8-9H2,1H3,(H,16,17). The van der Waals surface area contributed by atoms with E-state index in [-0.39, 0.29) is 11.5 Å². The summed E-state index contributed by atoms with van der Waals surface area (Å²) in [5.74, 6) is -2.51. The van der Waals surface area contributed by atoms with Gasteiger partial charge in [0.1, 0.15) is 0 Å². The molecular weight excluding hydrogens is 278 g/mol. The Morgan fingerprint density at radius 1 is 1.35 bits per heavy atom. The molecule has 1 atom stereocenters. The van der Waals surface area contributed by atoms with Gasteiger partial charge in [-0.1, -0.05) is 19.1 Å². The minimum absolute atomic E-state index is 0.157. The number of carbonyl (C=O) groups is 1. The van der Waals surface area contributed by atoms with Gasteiger partial charge in [-0.25, -0.2) is 8.42 Å². The second-order valence-electron chi connectivity index (χ2n) is 4.82. The third-order valence-electron chi connectivity index (χ3n) is 2.98. The molecule has 1 heterocycles. The molecule has 0 spiro atoms. The topological polar surface area (TPSA) is 84.3 Å². The highest BCUT2D eigenvalue weighted by atomic mass is 32.2. The Labute approximate surface area is 117 Å². The van der Waals surface area contributed by atoms with Gasteiger partial charge in [-0.3, -0.25) is 9.78 Å². The Morgan fingerprint density at radius 3 is 2.80 bits per heavy atom. The van der Waals surface area contributed by atoms with E-state index in [2.05, 4.69) is 4.98 Å². The maximum Gasteiger partial charge on any atom is 0.307 e. The predicted octanol–water partition coefficient (Wildman–Crippen LogP) is 1.87. The van der Waals surface area contributed by atoms with Crippen molar-refractivity contribution < 1.29 is 18.3 Å². The molecule has 1 aromatic heterocycles. The van der Waals surface area contributed by atoms with Crippen molar-refractivity contribution in [1.29, 1.82) is 0 Å². The van der Waals surface area contributed by atoms with Crippen molar-refractivity contribution in [2.24, 2.45) is 5.92 Å². The number of aromatic nitrogens is 1. The summed E-state index contributed by atoms with van der Waals surface area (Å²) in [6.45, 7) is 1.39. The number of carboxylic acids is 1. The van der Waals surface area contributed by atoms with Crippen molar-refractivity contribution in [3.8, 4) is 0 Å². The summed E-state index contributed by atoms with van der Waals surface area (Å²) in [4.78, 5) is 14.9. The van der Waals surface area contributed by atoms with Gasteiger partial charge in [0.25, 0.3) is 0 Å². The van der Waals surface area contributed by atoms with E-state index >= 15 is 0 Å². The highest BCUT2D eigenvalue weighted by Crippen LogP contribution is 2.16. The highest BCUT2D eigenvalue weighted by molar-refractivity contribution is 7.90. The Bertz CT molecular complexity index is 740. The van der Waals surface area contributed by atoms with E-state index in [0.717, 1.165) is 10.9 Å². The summed E-state index contributed by atoms with van der Waals surface area (Å²) in [6, 6.07) is 8.88. The lowest BCUT2D eigenvalue weighted by molar-refractivity contribution is -0.140. The average Bonchev–Trinajstić information content (AvgIpc) is 2.37. The van der Waals surface area contributed by atoms with Crippen LogP contribution in [0, 0.1) is 5.92 Å². The first-order chi connectivity index (χ1) is 9.37. The van der Waals surface area contributed by atoms with E-state index in [1.54, 1.807) is 30.5 Å². The van der Waals surface area contributed by atoms with E-state index < -0.39 is 21.7 Å². The number of sulfone groups is 1. The number of hydrogen-bond acceptors (Lipinski definition) is 4. The Morgan fingerprint density at radius 2 is 2.10 bits per heavy atom. The highest BCUT2D eigenvalue weighted by Gasteiger charge is 2.21. The van der Waals surface area contributed by atoms with Crippen LogP contribution in [0.4, 0.5) is 0 Å². The van der Waals surface area contributed by atoms with Crippen LogP contribution in [0.2, 0.25) is 0 Å². The van der Waals surface area contributed by atoms with Crippen molar-refractivity contribution in [2.45, 2.75) is 12.7 Å². The number of nitrogens with zero attached hydrogens (tertiary/aromatic N) is 1. The predicted molar refractivity (Wildman–Crippen MR) is 76.0 cm³/mol. The van der Waals surface area contributed by atoms with Gasteiger partial charge in [0.2, 0.25) is 0 Å². The van der Waals surface area contributed by atoms with E-state index in [1.165, 1.54) is 6.92 Å². The van der Waals surface area contributed by atoms with Gasteiger partial charge in [0.15, 0.2) is 9.84 Å². The van der Waals surface area contributed by atoms with Gasteiger partial charge in [-0.05, 0) is 23.8 Å². The van der Waals surface area contributed by atoms with Crippen molar-refractivity contribution in [1.82, 2.24) is 4.98 Å². The van der Waals surface area contributed by atoms with E-state index in [1.807, 2.05) is 6.07 Å². The molecular formula is C14H15NO4S. The van der Waals surface area contributed by atoms with Crippen LogP contribution in [0.3, 0.4) is 0 Å². The van der Waals surface area contributed by atoms with Crippen LogP contribution in [0.25, 0.3) is 10.9 Å². The fourth-order valence-corrected chi connectivity index (χ4v) is 3.69. The van der Waals surface area contributed by atoms with Crippen LogP contribution < -0.4 is 0 Å². The van der Waals surface area contributed by atoms with Gasteiger partial charge in [-0.15, -0.1) is 0 Å². The molecule has 2 rings (SSSR count). The van der Waals surface area contributed by atoms with Crippen molar-refractivity contribution in [3.05, 3.63) is 42.1 Å². The number of pyridine rings is 1. The zero-order chi connectivity index (χ0) is 14.8. The lowest BCUT2D eigenvalue weighted by Crippen LogP contribution is -2.22. The molecule has 106 valence electrons. The minimum atomic E-state index is -3.45. The fraction of sp³-hybridized carbons (Fsp3) is 0.286.